The van der Waals surface area contributed by atoms with E-state index in [9.17, 15) is 0 Å². The molecule has 1 rings (SSSR count). The SMILES string of the molecule is C=C(C)C1CCC(CN(C)C(C)CC)N1. The van der Waals surface area contributed by atoms with Gasteiger partial charge in [-0.15, -0.1) is 0 Å². The van der Waals surface area contributed by atoms with Crippen molar-refractivity contribution in [1.29, 1.82) is 0 Å². The van der Waals surface area contributed by atoms with E-state index in [0.717, 1.165) is 0 Å². The van der Waals surface area contributed by atoms with E-state index in [-0.39, 0.29) is 0 Å². The lowest BCUT2D eigenvalue weighted by Gasteiger charge is -2.27. The second-order valence-electron chi connectivity index (χ2n) is 5.04. The molecule has 3 atom stereocenters. The molecular weight excluding hydrogens is 184 g/mol. The molecule has 0 saturated carbocycles. The highest BCUT2D eigenvalue weighted by atomic mass is 15.2. The van der Waals surface area contributed by atoms with Gasteiger partial charge < -0.3 is 10.2 Å². The summed E-state index contributed by atoms with van der Waals surface area (Å²) >= 11 is 0. The van der Waals surface area contributed by atoms with Crippen molar-refractivity contribution in [2.75, 3.05) is 13.6 Å². The molecule has 0 aliphatic carbocycles. The monoisotopic (exact) mass is 210 g/mol. The highest BCUT2D eigenvalue weighted by molar-refractivity contribution is 5.06. The first-order valence-electron chi connectivity index (χ1n) is 6.16. The van der Waals surface area contributed by atoms with Gasteiger partial charge in [-0.05, 0) is 40.2 Å². The van der Waals surface area contributed by atoms with Crippen LogP contribution in [0.15, 0.2) is 12.2 Å². The largest absolute Gasteiger partial charge is 0.306 e. The van der Waals surface area contributed by atoms with Crippen LogP contribution in [0.25, 0.3) is 0 Å². The minimum Gasteiger partial charge on any atom is -0.306 e. The molecule has 2 heteroatoms. The summed E-state index contributed by atoms with van der Waals surface area (Å²) in [6.07, 6.45) is 3.78. The lowest BCUT2D eigenvalue weighted by atomic mass is 10.1. The zero-order chi connectivity index (χ0) is 11.4. The molecular formula is C13H26N2. The normalized spacial score (nSPS) is 28.3. The van der Waals surface area contributed by atoms with Gasteiger partial charge in [-0.2, -0.15) is 0 Å². The van der Waals surface area contributed by atoms with Crippen LogP contribution < -0.4 is 5.32 Å². The van der Waals surface area contributed by atoms with E-state index < -0.39 is 0 Å². The van der Waals surface area contributed by atoms with Gasteiger partial charge >= 0.3 is 0 Å². The number of hydrogen-bond donors (Lipinski definition) is 1. The minimum atomic E-state index is 0.556. The fourth-order valence-electron chi connectivity index (χ4n) is 2.19. The highest BCUT2D eigenvalue weighted by Gasteiger charge is 2.25. The molecule has 1 aliphatic rings. The van der Waals surface area contributed by atoms with Crippen LogP contribution >= 0.6 is 0 Å². The summed E-state index contributed by atoms with van der Waals surface area (Å²) in [6, 6.07) is 1.90. The van der Waals surface area contributed by atoms with Gasteiger partial charge in [0.1, 0.15) is 0 Å². The van der Waals surface area contributed by atoms with Gasteiger partial charge in [0.25, 0.3) is 0 Å². The number of hydrogen-bond acceptors (Lipinski definition) is 2. The second-order valence-corrected chi connectivity index (χ2v) is 5.04. The van der Waals surface area contributed by atoms with Crippen LogP contribution in [0.5, 0.6) is 0 Å². The van der Waals surface area contributed by atoms with Crippen LogP contribution in [-0.4, -0.2) is 36.6 Å². The third-order valence-electron chi connectivity index (χ3n) is 3.69. The first kappa shape index (κ1) is 12.7. The number of rotatable bonds is 5. The average Bonchev–Trinajstić information content (AvgIpc) is 2.65. The van der Waals surface area contributed by atoms with E-state index in [2.05, 4.69) is 44.6 Å². The Bertz CT molecular complexity index is 213. The van der Waals surface area contributed by atoms with Crippen molar-refractivity contribution in [3.05, 3.63) is 12.2 Å². The molecule has 1 fully saturated rings. The van der Waals surface area contributed by atoms with Crippen LogP contribution in [-0.2, 0) is 0 Å². The van der Waals surface area contributed by atoms with E-state index in [1.165, 1.54) is 31.4 Å². The second kappa shape index (κ2) is 5.66. The molecule has 0 amide bonds. The Kier molecular flexibility index (Phi) is 4.81. The summed E-state index contributed by atoms with van der Waals surface area (Å²) in [4.78, 5) is 2.46. The molecule has 1 N–H and O–H groups in total. The van der Waals surface area contributed by atoms with Gasteiger partial charge in [-0.25, -0.2) is 0 Å². The van der Waals surface area contributed by atoms with Crippen LogP contribution in [0.1, 0.15) is 40.0 Å². The Balaban J connectivity index is 2.32. The van der Waals surface area contributed by atoms with Crippen molar-refractivity contribution in [2.24, 2.45) is 0 Å². The van der Waals surface area contributed by atoms with E-state index >= 15 is 0 Å². The molecule has 88 valence electrons. The molecule has 1 heterocycles. The Morgan fingerprint density at radius 3 is 2.67 bits per heavy atom. The van der Waals surface area contributed by atoms with Gasteiger partial charge in [-0.1, -0.05) is 19.1 Å². The third-order valence-corrected chi connectivity index (χ3v) is 3.69. The van der Waals surface area contributed by atoms with Crippen molar-refractivity contribution in [1.82, 2.24) is 10.2 Å². The summed E-state index contributed by atoms with van der Waals surface area (Å²) in [7, 11) is 2.23. The molecule has 0 spiro atoms. The van der Waals surface area contributed by atoms with Crippen LogP contribution in [0.3, 0.4) is 0 Å². The average molecular weight is 210 g/mol. The predicted octanol–water partition coefficient (Wildman–Crippen LogP) is 2.41. The lowest BCUT2D eigenvalue weighted by Crippen LogP contribution is -2.41. The first-order chi connectivity index (χ1) is 7.04. The van der Waals surface area contributed by atoms with E-state index in [1.807, 2.05) is 0 Å². The van der Waals surface area contributed by atoms with Gasteiger partial charge in [-0.3, -0.25) is 0 Å². The van der Waals surface area contributed by atoms with Crippen LogP contribution in [0, 0.1) is 0 Å². The standard InChI is InChI=1S/C13H26N2/c1-6-11(4)15(5)9-12-7-8-13(14-12)10(2)3/h11-14H,2,6-9H2,1,3-5H3. The quantitative estimate of drug-likeness (QED) is 0.701. The zero-order valence-electron chi connectivity index (χ0n) is 10.7. The molecule has 0 aromatic carbocycles. The van der Waals surface area contributed by atoms with Gasteiger partial charge in [0.2, 0.25) is 0 Å². The van der Waals surface area contributed by atoms with Crippen molar-refractivity contribution < 1.29 is 0 Å². The smallest absolute Gasteiger partial charge is 0.0277 e. The van der Waals surface area contributed by atoms with Gasteiger partial charge in [0.15, 0.2) is 0 Å². The fourth-order valence-corrected chi connectivity index (χ4v) is 2.19. The number of nitrogens with one attached hydrogen (secondary N) is 1. The minimum absolute atomic E-state index is 0.556. The Labute approximate surface area is 94.7 Å². The summed E-state index contributed by atoms with van der Waals surface area (Å²) in [5.41, 5.74) is 1.28. The molecule has 0 radical (unpaired) electrons. The number of likely N-dealkylation sites (N-methyl/N-ethyl adjacent to an activating group) is 1. The fraction of sp³-hybridized carbons (Fsp3) is 0.846. The van der Waals surface area contributed by atoms with Crippen molar-refractivity contribution in [2.45, 2.75) is 58.2 Å². The maximum absolute atomic E-state index is 4.03. The van der Waals surface area contributed by atoms with Crippen molar-refractivity contribution in [3.63, 3.8) is 0 Å². The molecule has 0 aromatic heterocycles. The van der Waals surface area contributed by atoms with E-state index in [1.54, 1.807) is 0 Å². The Hall–Kier alpha value is -0.340. The summed E-state index contributed by atoms with van der Waals surface area (Å²) in [5.74, 6) is 0. The maximum atomic E-state index is 4.03. The molecule has 0 bridgehead atoms. The van der Waals surface area contributed by atoms with Crippen LogP contribution in [0.4, 0.5) is 0 Å². The molecule has 1 aliphatic heterocycles. The van der Waals surface area contributed by atoms with E-state index in [4.69, 9.17) is 0 Å². The third kappa shape index (κ3) is 3.62. The first-order valence-corrected chi connectivity index (χ1v) is 6.16. The van der Waals surface area contributed by atoms with Crippen molar-refractivity contribution in [3.8, 4) is 0 Å². The molecule has 1 saturated heterocycles. The molecule has 0 aromatic rings. The molecule has 3 unspecified atom stereocenters. The van der Waals surface area contributed by atoms with Gasteiger partial charge in [0.05, 0.1) is 0 Å². The topological polar surface area (TPSA) is 15.3 Å². The summed E-state index contributed by atoms with van der Waals surface area (Å²) in [5, 5.41) is 3.66. The molecule has 15 heavy (non-hydrogen) atoms. The summed E-state index contributed by atoms with van der Waals surface area (Å²) in [6.45, 7) is 11.9. The van der Waals surface area contributed by atoms with Crippen LogP contribution in [0.2, 0.25) is 0 Å². The van der Waals surface area contributed by atoms with Gasteiger partial charge in [0, 0.05) is 24.7 Å². The molecule has 2 nitrogen and oxygen atoms in total. The maximum Gasteiger partial charge on any atom is 0.0277 e. The lowest BCUT2D eigenvalue weighted by molar-refractivity contribution is 0.229. The van der Waals surface area contributed by atoms with Crippen molar-refractivity contribution >= 4 is 0 Å². The highest BCUT2D eigenvalue weighted by Crippen LogP contribution is 2.18. The predicted molar refractivity (Wildman–Crippen MR) is 67.1 cm³/mol. The Morgan fingerprint density at radius 1 is 1.53 bits per heavy atom. The number of nitrogens with zero attached hydrogens (tertiary/aromatic N) is 1. The zero-order valence-corrected chi connectivity index (χ0v) is 10.7. The summed E-state index contributed by atoms with van der Waals surface area (Å²) < 4.78 is 0. The Morgan fingerprint density at radius 2 is 2.20 bits per heavy atom. The van der Waals surface area contributed by atoms with E-state index in [0.29, 0.717) is 18.1 Å².